The quantitative estimate of drug-likeness (QED) is 0.676. The third-order valence-corrected chi connectivity index (χ3v) is 5.86. The highest BCUT2D eigenvalue weighted by atomic mass is 32.1. The number of rotatable bonds is 7. The van der Waals surface area contributed by atoms with Crippen LogP contribution in [0.2, 0.25) is 0 Å². The van der Waals surface area contributed by atoms with Crippen molar-refractivity contribution in [1.82, 2.24) is 0 Å². The molecule has 1 heterocycles. The Morgan fingerprint density at radius 1 is 1.21 bits per heavy atom. The predicted molar refractivity (Wildman–Crippen MR) is 107 cm³/mol. The minimum absolute atomic E-state index is 0.0283. The van der Waals surface area contributed by atoms with Gasteiger partial charge in [-0.1, -0.05) is 19.1 Å². The summed E-state index contributed by atoms with van der Waals surface area (Å²) < 4.78 is 24.7. The Balaban J connectivity index is 1.83. The number of carbonyl (C=O) groups excluding carboxylic acids is 2. The summed E-state index contributed by atoms with van der Waals surface area (Å²) in [5, 5.41) is 3.32. The normalized spacial score (nSPS) is 14.1. The van der Waals surface area contributed by atoms with Crippen LogP contribution in [0.1, 0.15) is 53.9 Å². The molecule has 2 aromatic rings. The van der Waals surface area contributed by atoms with Crippen molar-refractivity contribution in [2.75, 3.05) is 11.9 Å². The second-order valence-corrected chi connectivity index (χ2v) is 7.68. The van der Waals surface area contributed by atoms with Crippen molar-refractivity contribution in [3.05, 3.63) is 46.1 Å². The number of esters is 1. The summed E-state index contributed by atoms with van der Waals surface area (Å²) in [6.45, 7) is 3.81. The van der Waals surface area contributed by atoms with E-state index in [1.54, 1.807) is 26.0 Å². The Labute approximate surface area is 167 Å². The highest BCUT2D eigenvalue weighted by molar-refractivity contribution is 7.17. The molecule has 0 aliphatic heterocycles. The molecule has 1 aliphatic rings. The first-order chi connectivity index (χ1) is 13.5. The second kappa shape index (κ2) is 9.19. The number of fused-ring (bicyclic) bond motifs is 1. The molecule has 1 aromatic heterocycles. The average molecular weight is 405 g/mol. The number of aryl methyl sites for hydroxylation is 1. The van der Waals surface area contributed by atoms with Crippen LogP contribution in [-0.2, 0) is 22.4 Å². The summed E-state index contributed by atoms with van der Waals surface area (Å²) in [5.74, 6) is -1.32. The number of benzene rings is 1. The van der Waals surface area contributed by atoms with Gasteiger partial charge in [0.05, 0.1) is 12.2 Å². The molecular weight excluding hydrogens is 381 g/mol. The van der Waals surface area contributed by atoms with E-state index in [2.05, 4.69) is 5.32 Å². The SMILES string of the molecule is CCOC(=O)c1c(NC(=O)[C@@H](CC)Oc2ccccc2F)sc2c1CCCC2. The molecule has 150 valence electrons. The van der Waals surface area contributed by atoms with Crippen molar-refractivity contribution < 1.29 is 23.5 Å². The summed E-state index contributed by atoms with van der Waals surface area (Å²) in [5.41, 5.74) is 1.43. The van der Waals surface area contributed by atoms with Gasteiger partial charge in [0.15, 0.2) is 17.7 Å². The van der Waals surface area contributed by atoms with Crippen LogP contribution in [-0.4, -0.2) is 24.6 Å². The van der Waals surface area contributed by atoms with Gasteiger partial charge in [-0.15, -0.1) is 11.3 Å². The molecule has 28 heavy (non-hydrogen) atoms. The topological polar surface area (TPSA) is 64.6 Å². The zero-order valence-corrected chi connectivity index (χ0v) is 16.9. The number of hydrogen-bond acceptors (Lipinski definition) is 5. The van der Waals surface area contributed by atoms with Gasteiger partial charge in [0.2, 0.25) is 0 Å². The maximum atomic E-state index is 13.9. The summed E-state index contributed by atoms with van der Waals surface area (Å²) in [6.07, 6.45) is 3.27. The number of amides is 1. The van der Waals surface area contributed by atoms with Gasteiger partial charge in [0, 0.05) is 4.88 Å². The van der Waals surface area contributed by atoms with Crippen LogP contribution in [0.3, 0.4) is 0 Å². The lowest BCUT2D eigenvalue weighted by Gasteiger charge is -2.17. The molecule has 0 saturated carbocycles. The zero-order chi connectivity index (χ0) is 20.1. The predicted octanol–water partition coefficient (Wildman–Crippen LogP) is 4.74. The lowest BCUT2D eigenvalue weighted by Crippen LogP contribution is -2.33. The molecule has 1 aliphatic carbocycles. The minimum atomic E-state index is -0.869. The largest absolute Gasteiger partial charge is 0.478 e. The number of para-hydroxylation sites is 1. The summed E-state index contributed by atoms with van der Waals surface area (Å²) >= 11 is 1.42. The molecule has 3 rings (SSSR count). The van der Waals surface area contributed by atoms with Gasteiger partial charge in [-0.2, -0.15) is 0 Å². The number of nitrogens with one attached hydrogen (secondary N) is 1. The molecule has 0 fully saturated rings. The van der Waals surface area contributed by atoms with Crippen LogP contribution in [0.25, 0.3) is 0 Å². The highest BCUT2D eigenvalue weighted by Crippen LogP contribution is 2.38. The third kappa shape index (κ3) is 4.35. The maximum Gasteiger partial charge on any atom is 0.341 e. The van der Waals surface area contributed by atoms with Gasteiger partial charge >= 0.3 is 5.97 Å². The molecular formula is C21H24FNO4S. The van der Waals surface area contributed by atoms with Crippen LogP contribution in [0.5, 0.6) is 5.75 Å². The summed E-state index contributed by atoms with van der Waals surface area (Å²) in [6, 6.07) is 5.98. The fourth-order valence-electron chi connectivity index (χ4n) is 3.28. The monoisotopic (exact) mass is 405 g/mol. The number of ether oxygens (including phenoxy) is 2. The van der Waals surface area contributed by atoms with Crippen molar-refractivity contribution >= 4 is 28.2 Å². The van der Waals surface area contributed by atoms with E-state index in [9.17, 15) is 14.0 Å². The van der Waals surface area contributed by atoms with Crippen molar-refractivity contribution in [3.63, 3.8) is 0 Å². The standard InChI is InChI=1S/C21H24FNO4S/c1-3-15(27-16-11-7-6-10-14(16)22)19(24)23-20-18(21(25)26-4-2)13-9-5-8-12-17(13)28-20/h6-7,10-11,15H,3-5,8-9,12H2,1-2H3,(H,23,24)/t15-/m1/s1. The van der Waals surface area contributed by atoms with E-state index in [-0.39, 0.29) is 12.4 Å². The van der Waals surface area contributed by atoms with E-state index < -0.39 is 23.8 Å². The Morgan fingerprint density at radius 2 is 1.96 bits per heavy atom. The van der Waals surface area contributed by atoms with Crippen LogP contribution in [0, 0.1) is 5.82 Å². The van der Waals surface area contributed by atoms with Gasteiger partial charge < -0.3 is 14.8 Å². The Morgan fingerprint density at radius 3 is 2.68 bits per heavy atom. The number of carbonyl (C=O) groups is 2. The summed E-state index contributed by atoms with van der Waals surface area (Å²) in [7, 11) is 0. The van der Waals surface area contributed by atoms with Crippen molar-refractivity contribution in [2.45, 2.75) is 52.1 Å². The van der Waals surface area contributed by atoms with E-state index in [1.807, 2.05) is 0 Å². The zero-order valence-electron chi connectivity index (χ0n) is 16.0. The molecule has 1 aromatic carbocycles. The first-order valence-corrected chi connectivity index (χ1v) is 10.4. The lowest BCUT2D eigenvalue weighted by atomic mass is 9.95. The number of thiophene rings is 1. The third-order valence-electron chi connectivity index (χ3n) is 4.66. The first-order valence-electron chi connectivity index (χ1n) is 9.58. The van der Waals surface area contributed by atoms with Crippen molar-refractivity contribution in [1.29, 1.82) is 0 Å². The van der Waals surface area contributed by atoms with Crippen LogP contribution < -0.4 is 10.1 Å². The molecule has 0 bridgehead atoms. The molecule has 5 nitrogen and oxygen atoms in total. The van der Waals surface area contributed by atoms with Crippen LogP contribution in [0.4, 0.5) is 9.39 Å². The molecule has 0 saturated heterocycles. The maximum absolute atomic E-state index is 13.9. The van der Waals surface area contributed by atoms with E-state index in [4.69, 9.17) is 9.47 Å². The minimum Gasteiger partial charge on any atom is -0.478 e. The fraction of sp³-hybridized carbons (Fsp3) is 0.429. The number of halogens is 1. The molecule has 0 radical (unpaired) electrons. The van der Waals surface area contributed by atoms with Gasteiger partial charge in [0.25, 0.3) is 5.91 Å². The van der Waals surface area contributed by atoms with Gasteiger partial charge in [0.1, 0.15) is 5.00 Å². The van der Waals surface area contributed by atoms with Gasteiger partial charge in [-0.05, 0) is 56.7 Å². The number of hydrogen-bond donors (Lipinski definition) is 1. The summed E-state index contributed by atoms with van der Waals surface area (Å²) in [4.78, 5) is 26.4. The lowest BCUT2D eigenvalue weighted by molar-refractivity contribution is -0.122. The Kier molecular flexibility index (Phi) is 6.67. The van der Waals surface area contributed by atoms with Crippen LogP contribution in [0.15, 0.2) is 24.3 Å². The van der Waals surface area contributed by atoms with Crippen molar-refractivity contribution in [2.24, 2.45) is 0 Å². The number of anilines is 1. The van der Waals surface area contributed by atoms with Gasteiger partial charge in [-0.25, -0.2) is 9.18 Å². The van der Waals surface area contributed by atoms with E-state index in [0.29, 0.717) is 17.0 Å². The van der Waals surface area contributed by atoms with Gasteiger partial charge in [-0.3, -0.25) is 4.79 Å². The van der Waals surface area contributed by atoms with E-state index in [1.165, 1.54) is 23.5 Å². The fourth-order valence-corrected chi connectivity index (χ4v) is 4.56. The molecule has 7 heteroatoms. The molecule has 0 spiro atoms. The second-order valence-electron chi connectivity index (χ2n) is 6.57. The Bertz CT molecular complexity index is 864. The molecule has 1 atom stereocenters. The highest BCUT2D eigenvalue weighted by Gasteiger charge is 2.29. The Hall–Kier alpha value is -2.41. The van der Waals surface area contributed by atoms with Crippen molar-refractivity contribution in [3.8, 4) is 5.75 Å². The molecule has 1 N–H and O–H groups in total. The molecule has 0 unspecified atom stereocenters. The molecule has 1 amide bonds. The first kappa shape index (κ1) is 20.3. The average Bonchev–Trinajstić information content (AvgIpc) is 3.05. The van der Waals surface area contributed by atoms with E-state index >= 15 is 0 Å². The van der Waals surface area contributed by atoms with E-state index in [0.717, 1.165) is 36.1 Å². The van der Waals surface area contributed by atoms with Crippen LogP contribution >= 0.6 is 11.3 Å². The smallest absolute Gasteiger partial charge is 0.341 e.